The molecule has 0 fully saturated rings. The molecule has 2 heterocycles. The van der Waals surface area contributed by atoms with Gasteiger partial charge >= 0.3 is 0 Å². The number of rotatable bonds is 2. The van der Waals surface area contributed by atoms with Crippen LogP contribution in [-0.4, -0.2) is 40.1 Å². The van der Waals surface area contributed by atoms with E-state index in [1.54, 1.807) is 0 Å². The van der Waals surface area contributed by atoms with Crippen LogP contribution in [0.4, 0.5) is 11.4 Å². The zero-order chi connectivity index (χ0) is 20.4. The van der Waals surface area contributed by atoms with E-state index < -0.39 is 36.3 Å². The number of anilines is 2. The summed E-state index contributed by atoms with van der Waals surface area (Å²) in [5.74, 6) is -1.20. The Morgan fingerprint density at radius 1 is 0.750 bits per heavy atom. The number of carbonyl (C=O) groups excluding carboxylic acids is 2. The minimum Gasteiger partial charge on any atom is -0.350 e. The van der Waals surface area contributed by atoms with Crippen LogP contribution in [0.3, 0.4) is 0 Å². The van der Waals surface area contributed by atoms with E-state index in [4.69, 9.17) is 4.55 Å². The quantitative estimate of drug-likeness (QED) is 0.358. The van der Waals surface area contributed by atoms with Gasteiger partial charge in [-0.15, -0.1) is 0 Å². The summed E-state index contributed by atoms with van der Waals surface area (Å²) in [7, 11) is -6.99. The van der Waals surface area contributed by atoms with Gasteiger partial charge in [0.2, 0.25) is 11.6 Å². The molecule has 0 aromatic heterocycles. The van der Waals surface area contributed by atoms with Crippen molar-refractivity contribution >= 4 is 49.9 Å². The molecule has 2 aromatic carbocycles. The smallest absolute Gasteiger partial charge is 0.294 e. The van der Waals surface area contributed by atoms with Crippen LogP contribution < -0.4 is 10.6 Å². The molecule has 0 atom stereocenters. The lowest BCUT2D eigenvalue weighted by atomic mass is 10.1. The van der Waals surface area contributed by atoms with Crippen LogP contribution in [0.5, 0.6) is 0 Å². The van der Waals surface area contributed by atoms with Gasteiger partial charge in [-0.3, -0.25) is 14.1 Å². The number of Topliss-reactive ketones (excluding diaryl/α,β-unsaturated/α-hetero) is 2. The van der Waals surface area contributed by atoms with Crippen LogP contribution in [-0.2, 0) is 19.8 Å². The summed E-state index contributed by atoms with van der Waals surface area (Å²) in [5, 5.41) is 5.57. The van der Waals surface area contributed by atoms with E-state index in [9.17, 15) is 26.4 Å². The first-order chi connectivity index (χ1) is 13.0. The molecular weight excluding hydrogens is 407 g/mol. The van der Waals surface area contributed by atoms with Gasteiger partial charge in [-0.05, 0) is 36.4 Å². The average Bonchev–Trinajstić information content (AvgIpc) is 3.10. The van der Waals surface area contributed by atoms with Gasteiger partial charge in [0.1, 0.15) is 21.1 Å². The summed E-state index contributed by atoms with van der Waals surface area (Å²) in [6.45, 7) is 0. The van der Waals surface area contributed by atoms with Gasteiger partial charge in [0.05, 0.1) is 21.2 Å². The topological polar surface area (TPSA) is 147 Å². The molecule has 28 heavy (non-hydrogen) atoms. The first kappa shape index (κ1) is 18.4. The van der Waals surface area contributed by atoms with Gasteiger partial charge in [0.25, 0.3) is 17.2 Å². The molecule has 3 N–H and O–H groups in total. The fourth-order valence-electron chi connectivity index (χ4n) is 3.04. The summed E-state index contributed by atoms with van der Waals surface area (Å²) >= 11 is 0. The van der Waals surface area contributed by atoms with Crippen LogP contribution in [0, 0.1) is 0 Å². The van der Waals surface area contributed by atoms with E-state index >= 15 is 0 Å². The van der Waals surface area contributed by atoms with Crippen LogP contribution in [0.15, 0.2) is 57.6 Å². The number of fused-ring (bicyclic) bond motifs is 2. The van der Waals surface area contributed by atoms with Gasteiger partial charge in [-0.1, -0.05) is 0 Å². The van der Waals surface area contributed by atoms with E-state index in [0.717, 1.165) is 19.3 Å². The molecule has 2 aliphatic rings. The number of hydrogen-bond acceptors (Lipinski definition) is 8. The molecule has 12 heteroatoms. The summed E-state index contributed by atoms with van der Waals surface area (Å²) in [5.41, 5.74) is 0.556. The first-order valence-electron chi connectivity index (χ1n) is 7.80. The van der Waals surface area contributed by atoms with Crippen LogP contribution in [0.1, 0.15) is 20.7 Å². The van der Waals surface area contributed by atoms with E-state index in [1.807, 2.05) is 0 Å². The summed E-state index contributed by atoms with van der Waals surface area (Å²) < 4.78 is 55.1. The lowest BCUT2D eigenvalue weighted by Gasteiger charge is -2.03. The SMILES string of the molecule is BS(=O)(=O)c1ccc2c(c1)C(=O)/C(=C1/Nc3ccc(S(=O)(=O)O)cc3C1=O)N2. The Labute approximate surface area is 160 Å². The highest BCUT2D eigenvalue weighted by Crippen LogP contribution is 2.36. The molecular formula is C16H11BN2O7S2. The van der Waals surface area contributed by atoms with Crippen molar-refractivity contribution in [2.24, 2.45) is 0 Å². The van der Waals surface area contributed by atoms with Gasteiger partial charge < -0.3 is 10.6 Å². The molecule has 2 aliphatic heterocycles. The molecule has 0 bridgehead atoms. The van der Waals surface area contributed by atoms with Gasteiger partial charge in [0.15, 0.2) is 0 Å². The molecule has 142 valence electrons. The second-order valence-corrected chi connectivity index (χ2v) is 9.76. The number of allylic oxidation sites excluding steroid dienone is 2. The molecule has 0 saturated carbocycles. The maximum atomic E-state index is 12.7. The standard InChI is InChI=1S/C16H11BN2O7S2/c17-27(22,23)7-1-3-11-9(5-7)15(20)13(18-11)14-16(21)10-6-8(28(24,25)26)2-4-12(10)19-14/h1-6,18-19H,17H2,(H,24,25,26)/b14-13-. The second-order valence-electron chi connectivity index (χ2n) is 6.32. The Balaban J connectivity index is 1.79. The van der Waals surface area contributed by atoms with Crippen molar-refractivity contribution in [2.75, 3.05) is 10.6 Å². The lowest BCUT2D eigenvalue weighted by Crippen LogP contribution is -2.13. The maximum absolute atomic E-state index is 12.7. The van der Waals surface area contributed by atoms with Gasteiger partial charge in [0, 0.05) is 11.1 Å². The second kappa shape index (κ2) is 5.77. The fourth-order valence-corrected chi connectivity index (χ4v) is 4.19. The minimum absolute atomic E-state index is 0.0139. The van der Waals surface area contributed by atoms with Gasteiger partial charge in [-0.2, -0.15) is 8.42 Å². The first-order valence-corrected chi connectivity index (χ1v) is 11.1. The Hall–Kier alpha value is -2.96. The molecule has 0 amide bonds. The summed E-state index contributed by atoms with van der Waals surface area (Å²) in [4.78, 5) is 25.0. The third-order valence-electron chi connectivity index (χ3n) is 4.42. The van der Waals surface area contributed by atoms with Crippen LogP contribution in [0.2, 0.25) is 0 Å². The Morgan fingerprint density at radius 2 is 1.18 bits per heavy atom. The predicted molar refractivity (Wildman–Crippen MR) is 101 cm³/mol. The molecule has 4 rings (SSSR count). The molecule has 0 aliphatic carbocycles. The van der Waals surface area contributed by atoms with Crippen molar-refractivity contribution in [3.8, 4) is 0 Å². The van der Waals surface area contributed by atoms with Crippen molar-refractivity contribution in [1.82, 2.24) is 0 Å². The van der Waals surface area contributed by atoms with E-state index in [0.29, 0.717) is 5.69 Å². The average molecular weight is 418 g/mol. The summed E-state index contributed by atoms with van der Waals surface area (Å²) in [6, 6.07) is 7.45. The zero-order valence-electron chi connectivity index (χ0n) is 14.2. The highest BCUT2D eigenvalue weighted by molar-refractivity contribution is 8.12. The van der Waals surface area contributed by atoms with Crippen molar-refractivity contribution < 1.29 is 31.0 Å². The fraction of sp³-hybridized carbons (Fsp3) is 0. The Morgan fingerprint density at radius 3 is 1.61 bits per heavy atom. The molecule has 2 aromatic rings. The monoisotopic (exact) mass is 418 g/mol. The van der Waals surface area contributed by atoms with Crippen molar-refractivity contribution in [3.63, 3.8) is 0 Å². The molecule has 0 spiro atoms. The number of ketones is 2. The number of carbonyl (C=O) groups is 2. The maximum Gasteiger partial charge on any atom is 0.294 e. The minimum atomic E-state index is -4.49. The highest BCUT2D eigenvalue weighted by atomic mass is 32.2. The van der Waals surface area contributed by atoms with Crippen LogP contribution in [0.25, 0.3) is 0 Å². The number of nitrogens with one attached hydrogen (secondary N) is 2. The van der Waals surface area contributed by atoms with Crippen molar-refractivity contribution in [3.05, 3.63) is 58.9 Å². The normalized spacial score (nSPS) is 18.5. The number of benzene rings is 2. The Kier molecular flexibility index (Phi) is 3.79. The highest BCUT2D eigenvalue weighted by Gasteiger charge is 2.35. The van der Waals surface area contributed by atoms with Gasteiger partial charge in [-0.25, -0.2) is 8.42 Å². The van der Waals surface area contributed by atoms with E-state index in [-0.39, 0.29) is 33.1 Å². The molecule has 9 nitrogen and oxygen atoms in total. The molecule has 0 saturated heterocycles. The summed E-state index contributed by atoms with van der Waals surface area (Å²) in [6.07, 6.45) is 0. The lowest BCUT2D eigenvalue weighted by molar-refractivity contribution is 0.101. The zero-order valence-corrected chi connectivity index (χ0v) is 15.8. The molecule has 0 radical (unpaired) electrons. The van der Waals surface area contributed by atoms with Crippen LogP contribution >= 0.6 is 0 Å². The Bertz CT molecular complexity index is 1240. The number of hydrogen-bond donors (Lipinski definition) is 3. The molecule has 0 unspecified atom stereocenters. The van der Waals surface area contributed by atoms with E-state index in [2.05, 4.69) is 10.6 Å². The third kappa shape index (κ3) is 2.82. The van der Waals surface area contributed by atoms with Crippen molar-refractivity contribution in [2.45, 2.75) is 9.79 Å². The predicted octanol–water partition coefficient (Wildman–Crippen LogP) is 0.383. The van der Waals surface area contributed by atoms with E-state index in [1.165, 1.54) is 24.3 Å². The van der Waals surface area contributed by atoms with Crippen molar-refractivity contribution in [1.29, 1.82) is 0 Å². The third-order valence-corrected chi connectivity index (χ3v) is 6.38. The largest absolute Gasteiger partial charge is 0.350 e.